The van der Waals surface area contributed by atoms with Gasteiger partial charge in [0.25, 0.3) is 5.91 Å². The van der Waals surface area contributed by atoms with E-state index in [0.717, 1.165) is 30.4 Å². The Labute approximate surface area is 201 Å². The van der Waals surface area contributed by atoms with Gasteiger partial charge in [0, 0.05) is 11.4 Å². The smallest absolute Gasteiger partial charge is 0.259 e. The summed E-state index contributed by atoms with van der Waals surface area (Å²) in [4.78, 5) is 23.7. The van der Waals surface area contributed by atoms with E-state index in [0.29, 0.717) is 23.8 Å². The Balaban J connectivity index is 1.62. The molecule has 0 atom stereocenters. The lowest BCUT2D eigenvalue weighted by Gasteiger charge is -2.07. The number of nitrogens with one attached hydrogen (secondary N) is 2. The number of carbonyl (C=O) groups is 2. The summed E-state index contributed by atoms with van der Waals surface area (Å²) in [6, 6.07) is 14.9. The van der Waals surface area contributed by atoms with Gasteiger partial charge in [-0.15, -0.1) is 0 Å². The normalized spacial score (nSPS) is 10.8. The van der Waals surface area contributed by atoms with Gasteiger partial charge >= 0.3 is 0 Å². The third-order valence-corrected chi connectivity index (χ3v) is 5.29. The highest BCUT2D eigenvalue weighted by Gasteiger charge is 2.05. The van der Waals surface area contributed by atoms with Gasteiger partial charge in [-0.1, -0.05) is 81.3 Å². The summed E-state index contributed by atoms with van der Waals surface area (Å²) in [6.45, 7) is 2.54. The van der Waals surface area contributed by atoms with Crippen molar-refractivity contribution in [2.75, 3.05) is 6.54 Å². The summed E-state index contributed by atoms with van der Waals surface area (Å²) < 4.78 is 5.79. The van der Waals surface area contributed by atoms with Crippen LogP contribution in [0.5, 0.6) is 5.75 Å². The zero-order valence-corrected chi connectivity index (χ0v) is 20.1. The molecular weight excluding hydrogens is 438 g/mol. The average molecular weight is 472 g/mol. The first-order valence-corrected chi connectivity index (χ1v) is 12.0. The highest BCUT2D eigenvalue weighted by molar-refractivity contribution is 6.30. The third kappa shape index (κ3) is 12.1. The molecule has 0 bridgehead atoms. The molecule has 0 aliphatic rings. The summed E-state index contributed by atoms with van der Waals surface area (Å²) in [5, 5.41) is 7.27. The minimum absolute atomic E-state index is 0.0864. The van der Waals surface area contributed by atoms with E-state index in [1.54, 1.807) is 0 Å². The molecule has 0 spiro atoms. The van der Waals surface area contributed by atoms with E-state index in [1.807, 2.05) is 48.5 Å². The number of hydrogen-bond acceptors (Lipinski definition) is 4. The number of carbonyl (C=O) groups excluding carboxylic acids is 2. The molecule has 0 radical (unpaired) electrons. The Morgan fingerprint density at radius 2 is 1.70 bits per heavy atom. The van der Waals surface area contributed by atoms with Crippen molar-refractivity contribution >= 4 is 29.6 Å². The molecule has 6 nitrogen and oxygen atoms in total. The van der Waals surface area contributed by atoms with E-state index in [2.05, 4.69) is 22.8 Å². The van der Waals surface area contributed by atoms with E-state index in [-0.39, 0.29) is 18.4 Å². The second kappa shape index (κ2) is 15.9. The third-order valence-electron chi connectivity index (χ3n) is 5.03. The molecular formula is C26H34ClN3O3. The highest BCUT2D eigenvalue weighted by Crippen LogP contribution is 2.16. The molecule has 0 aliphatic carbocycles. The van der Waals surface area contributed by atoms with Gasteiger partial charge in [0.1, 0.15) is 12.4 Å². The molecule has 2 N–H and O–H groups in total. The topological polar surface area (TPSA) is 79.8 Å². The maximum Gasteiger partial charge on any atom is 0.259 e. The first-order valence-electron chi connectivity index (χ1n) is 11.6. The Kier molecular flexibility index (Phi) is 12.7. The van der Waals surface area contributed by atoms with Crippen LogP contribution in [0.3, 0.4) is 0 Å². The minimum Gasteiger partial charge on any atom is -0.489 e. The molecule has 2 aromatic carbocycles. The summed E-state index contributed by atoms with van der Waals surface area (Å²) >= 11 is 5.89. The number of hydrazone groups is 1. The Bertz CT molecular complexity index is 885. The van der Waals surface area contributed by atoms with Crippen LogP contribution in [0.4, 0.5) is 0 Å². The van der Waals surface area contributed by atoms with Gasteiger partial charge in [0.2, 0.25) is 5.91 Å². The van der Waals surface area contributed by atoms with Gasteiger partial charge in [-0.25, -0.2) is 5.43 Å². The number of nitrogens with zero attached hydrogens (tertiary/aromatic N) is 1. The summed E-state index contributed by atoms with van der Waals surface area (Å²) in [6.07, 6.45) is 10.1. The van der Waals surface area contributed by atoms with Crippen LogP contribution in [0.15, 0.2) is 53.6 Å². The molecule has 0 aromatic heterocycles. The predicted octanol–water partition coefficient (Wildman–Crippen LogP) is 5.63. The molecule has 7 heteroatoms. The second-order valence-corrected chi connectivity index (χ2v) is 8.37. The number of halogens is 1. The number of ether oxygens (including phenoxy) is 1. The fourth-order valence-electron chi connectivity index (χ4n) is 3.16. The van der Waals surface area contributed by atoms with Gasteiger partial charge in [0.05, 0.1) is 12.8 Å². The fraction of sp³-hybridized carbons (Fsp3) is 0.423. The minimum atomic E-state index is -0.366. The van der Waals surface area contributed by atoms with Gasteiger partial charge in [-0.05, 0) is 41.8 Å². The number of hydrogen-bond donors (Lipinski definition) is 2. The van der Waals surface area contributed by atoms with Crippen molar-refractivity contribution in [2.24, 2.45) is 5.10 Å². The van der Waals surface area contributed by atoms with Crippen LogP contribution in [0, 0.1) is 0 Å². The largest absolute Gasteiger partial charge is 0.489 e. The van der Waals surface area contributed by atoms with Crippen molar-refractivity contribution < 1.29 is 14.3 Å². The van der Waals surface area contributed by atoms with Crippen molar-refractivity contribution in [3.05, 3.63) is 64.7 Å². The molecule has 0 saturated carbocycles. The molecule has 178 valence electrons. The van der Waals surface area contributed by atoms with Gasteiger partial charge < -0.3 is 10.1 Å². The zero-order valence-electron chi connectivity index (χ0n) is 19.3. The molecule has 2 aromatic rings. The molecule has 0 saturated heterocycles. The van der Waals surface area contributed by atoms with Crippen molar-refractivity contribution in [3.8, 4) is 5.75 Å². The number of amides is 2. The van der Waals surface area contributed by atoms with E-state index >= 15 is 0 Å². The average Bonchev–Trinajstić information content (AvgIpc) is 2.82. The van der Waals surface area contributed by atoms with E-state index < -0.39 is 0 Å². The van der Waals surface area contributed by atoms with Crippen molar-refractivity contribution in [2.45, 2.75) is 64.9 Å². The van der Waals surface area contributed by atoms with Crippen LogP contribution in [-0.2, 0) is 16.2 Å². The molecule has 0 heterocycles. The summed E-state index contributed by atoms with van der Waals surface area (Å²) in [5.74, 6) is 0.223. The maximum atomic E-state index is 11.9. The summed E-state index contributed by atoms with van der Waals surface area (Å²) in [7, 11) is 0. The monoisotopic (exact) mass is 471 g/mol. The molecule has 33 heavy (non-hydrogen) atoms. The maximum absolute atomic E-state index is 11.9. The van der Waals surface area contributed by atoms with Gasteiger partial charge in [0.15, 0.2) is 0 Å². The van der Waals surface area contributed by atoms with Gasteiger partial charge in [-0.3, -0.25) is 9.59 Å². The van der Waals surface area contributed by atoms with Crippen LogP contribution in [0.1, 0.15) is 69.4 Å². The van der Waals surface area contributed by atoms with Crippen molar-refractivity contribution in [1.82, 2.24) is 10.7 Å². The van der Waals surface area contributed by atoms with Crippen LogP contribution in [0.25, 0.3) is 0 Å². The lowest BCUT2D eigenvalue weighted by atomic mass is 10.1. The first kappa shape index (κ1) is 26.4. The SMILES string of the molecule is CCCCCCCCCC(=O)NCC(=O)N/N=C/c1cccc(OCc2ccc(Cl)cc2)c1. The number of rotatable bonds is 15. The first-order chi connectivity index (χ1) is 16.1. The van der Waals surface area contributed by atoms with E-state index in [9.17, 15) is 9.59 Å². The Morgan fingerprint density at radius 3 is 2.45 bits per heavy atom. The Morgan fingerprint density at radius 1 is 0.970 bits per heavy atom. The molecule has 0 unspecified atom stereocenters. The summed E-state index contributed by atoms with van der Waals surface area (Å²) in [5.41, 5.74) is 4.23. The van der Waals surface area contributed by atoms with Crippen molar-refractivity contribution in [3.63, 3.8) is 0 Å². The van der Waals surface area contributed by atoms with Gasteiger partial charge in [-0.2, -0.15) is 5.10 Å². The predicted molar refractivity (Wildman–Crippen MR) is 134 cm³/mol. The lowest BCUT2D eigenvalue weighted by molar-refractivity contribution is -0.126. The fourth-order valence-corrected chi connectivity index (χ4v) is 3.29. The Hall–Kier alpha value is -2.86. The lowest BCUT2D eigenvalue weighted by Crippen LogP contribution is -2.34. The molecule has 2 amide bonds. The molecule has 0 aliphatic heterocycles. The zero-order chi connectivity index (χ0) is 23.7. The standard InChI is InChI=1S/C26H34ClN3O3/c1-2-3-4-5-6-7-8-12-25(31)28-19-26(32)30-29-18-22-10-9-11-24(17-22)33-20-21-13-15-23(27)16-14-21/h9-11,13-18H,2-8,12,19-20H2,1H3,(H,28,31)(H,30,32)/b29-18+. The van der Waals surface area contributed by atoms with E-state index in [4.69, 9.17) is 16.3 Å². The van der Waals surface area contributed by atoms with Crippen LogP contribution in [-0.4, -0.2) is 24.6 Å². The van der Waals surface area contributed by atoms with Crippen LogP contribution >= 0.6 is 11.6 Å². The van der Waals surface area contributed by atoms with Crippen molar-refractivity contribution in [1.29, 1.82) is 0 Å². The number of unbranched alkanes of at least 4 members (excludes halogenated alkanes) is 6. The van der Waals surface area contributed by atoms with Crippen LogP contribution in [0.2, 0.25) is 5.02 Å². The number of benzene rings is 2. The van der Waals surface area contributed by atoms with Crippen LogP contribution < -0.4 is 15.5 Å². The second-order valence-electron chi connectivity index (χ2n) is 7.93. The molecule has 0 fully saturated rings. The quantitative estimate of drug-likeness (QED) is 0.201. The van der Waals surface area contributed by atoms with E-state index in [1.165, 1.54) is 31.9 Å². The molecule has 2 rings (SSSR count). The highest BCUT2D eigenvalue weighted by atomic mass is 35.5.